The number of halogens is 1. The van der Waals surface area contributed by atoms with E-state index in [9.17, 15) is 0 Å². The molecule has 1 aromatic rings. The normalized spacial score (nSPS) is 18.6. The molecule has 0 radical (unpaired) electrons. The molecule has 18 heavy (non-hydrogen) atoms. The van der Waals surface area contributed by atoms with Crippen LogP contribution in [-0.4, -0.2) is 53.8 Å². The molecule has 0 aliphatic carbocycles. The summed E-state index contributed by atoms with van der Waals surface area (Å²) in [5, 5.41) is 3.89. The molecule has 1 aliphatic rings. The Hall–Kier alpha value is -0.910. The highest BCUT2D eigenvalue weighted by molar-refractivity contribution is 6.30. The van der Waals surface area contributed by atoms with Gasteiger partial charge in [-0.15, -0.1) is 0 Å². The molecule has 0 aromatic carbocycles. The lowest BCUT2D eigenvalue weighted by Gasteiger charge is -2.29. The van der Waals surface area contributed by atoms with Crippen LogP contribution in [0.4, 0.5) is 5.82 Å². The zero-order valence-corrected chi connectivity index (χ0v) is 11.6. The van der Waals surface area contributed by atoms with E-state index in [0.29, 0.717) is 11.2 Å². The Bertz CT molecular complexity index is 396. The maximum absolute atomic E-state index is 5.97. The average Bonchev–Trinajstić information content (AvgIpc) is 2.36. The third kappa shape index (κ3) is 3.54. The molecule has 100 valence electrons. The predicted octanol–water partition coefficient (Wildman–Crippen LogP) is 1.57. The van der Waals surface area contributed by atoms with Crippen molar-refractivity contribution in [3.8, 4) is 0 Å². The maximum atomic E-state index is 5.97. The molecule has 0 bridgehead atoms. The van der Waals surface area contributed by atoms with Crippen LogP contribution in [0.1, 0.15) is 12.5 Å². The lowest BCUT2D eigenvalue weighted by Crippen LogP contribution is -2.42. The molecule has 0 spiro atoms. The van der Waals surface area contributed by atoms with Gasteiger partial charge in [0.1, 0.15) is 17.3 Å². The summed E-state index contributed by atoms with van der Waals surface area (Å²) in [7, 11) is 0. The van der Waals surface area contributed by atoms with Crippen molar-refractivity contribution in [2.24, 2.45) is 0 Å². The Morgan fingerprint density at radius 2 is 2.17 bits per heavy atom. The van der Waals surface area contributed by atoms with Crippen molar-refractivity contribution in [2.75, 3.05) is 38.2 Å². The van der Waals surface area contributed by atoms with Crippen molar-refractivity contribution >= 4 is 17.4 Å². The van der Waals surface area contributed by atoms with Crippen molar-refractivity contribution in [2.45, 2.75) is 19.9 Å². The largest absolute Gasteiger partial charge is 0.379 e. The van der Waals surface area contributed by atoms with Gasteiger partial charge in [-0.05, 0) is 13.8 Å². The van der Waals surface area contributed by atoms with Crippen LogP contribution < -0.4 is 5.32 Å². The number of hydrogen-bond acceptors (Lipinski definition) is 5. The summed E-state index contributed by atoms with van der Waals surface area (Å²) in [6.07, 6.45) is 1.49. The fourth-order valence-electron chi connectivity index (χ4n) is 2.02. The first-order valence-corrected chi connectivity index (χ1v) is 6.58. The smallest absolute Gasteiger partial charge is 0.137 e. The molecule has 1 aromatic heterocycles. The third-order valence-corrected chi connectivity index (χ3v) is 3.42. The van der Waals surface area contributed by atoms with Crippen molar-refractivity contribution in [3.63, 3.8) is 0 Å². The van der Waals surface area contributed by atoms with Gasteiger partial charge in [0.25, 0.3) is 0 Å². The average molecular weight is 271 g/mol. The number of aromatic nitrogens is 2. The molecule has 1 unspecified atom stereocenters. The minimum Gasteiger partial charge on any atom is -0.379 e. The standard InChI is InChI=1S/C12H19ClN4O/c1-9(7-17-3-5-18-6-4-17)16-12-10(2)11(13)14-8-15-12/h8-9H,3-7H2,1-2H3,(H,14,15,16). The van der Waals surface area contributed by atoms with E-state index >= 15 is 0 Å². The Labute approximate surface area is 113 Å². The molecule has 1 saturated heterocycles. The van der Waals surface area contributed by atoms with E-state index in [1.807, 2.05) is 6.92 Å². The highest BCUT2D eigenvalue weighted by Crippen LogP contribution is 2.18. The molecule has 1 atom stereocenters. The molecule has 1 aliphatic heterocycles. The zero-order chi connectivity index (χ0) is 13.0. The summed E-state index contributed by atoms with van der Waals surface area (Å²) < 4.78 is 5.33. The molecule has 0 amide bonds. The molecular weight excluding hydrogens is 252 g/mol. The van der Waals surface area contributed by atoms with E-state index in [-0.39, 0.29) is 0 Å². The zero-order valence-electron chi connectivity index (χ0n) is 10.8. The second kappa shape index (κ2) is 6.31. The van der Waals surface area contributed by atoms with Crippen LogP contribution in [0.5, 0.6) is 0 Å². The van der Waals surface area contributed by atoms with Gasteiger partial charge in [-0.1, -0.05) is 11.6 Å². The van der Waals surface area contributed by atoms with Crippen LogP contribution in [0.3, 0.4) is 0 Å². The molecule has 0 saturated carbocycles. The summed E-state index contributed by atoms with van der Waals surface area (Å²) in [4.78, 5) is 10.6. The van der Waals surface area contributed by atoms with Crippen molar-refractivity contribution < 1.29 is 4.74 Å². The quantitative estimate of drug-likeness (QED) is 0.842. The summed E-state index contributed by atoms with van der Waals surface area (Å²) in [5.41, 5.74) is 0.896. The maximum Gasteiger partial charge on any atom is 0.137 e. The molecule has 5 nitrogen and oxygen atoms in total. The first kappa shape index (κ1) is 13.5. The summed E-state index contributed by atoms with van der Waals surface area (Å²) in [5.74, 6) is 0.816. The van der Waals surface area contributed by atoms with E-state index in [0.717, 1.165) is 44.2 Å². The molecular formula is C12H19ClN4O. The Balaban J connectivity index is 1.90. The summed E-state index contributed by atoms with van der Waals surface area (Å²) >= 11 is 5.97. The van der Waals surface area contributed by atoms with Crippen LogP contribution in [0, 0.1) is 6.92 Å². The van der Waals surface area contributed by atoms with Gasteiger partial charge in [0.05, 0.1) is 13.2 Å². The Kier molecular flexibility index (Phi) is 4.74. The second-order valence-electron chi connectivity index (χ2n) is 4.60. The van der Waals surface area contributed by atoms with Crippen LogP contribution in [-0.2, 0) is 4.74 Å². The number of hydrogen-bond donors (Lipinski definition) is 1. The molecule has 6 heteroatoms. The minimum atomic E-state index is 0.313. The number of rotatable bonds is 4. The summed E-state index contributed by atoms with van der Waals surface area (Å²) in [6.45, 7) is 8.68. The SMILES string of the molecule is Cc1c(Cl)ncnc1NC(C)CN1CCOCC1. The number of morpholine rings is 1. The van der Waals surface area contributed by atoms with E-state index in [2.05, 4.69) is 27.1 Å². The highest BCUT2D eigenvalue weighted by Gasteiger charge is 2.15. The van der Waals surface area contributed by atoms with Gasteiger partial charge >= 0.3 is 0 Å². The van der Waals surface area contributed by atoms with Gasteiger partial charge in [0.2, 0.25) is 0 Å². The van der Waals surface area contributed by atoms with Crippen molar-refractivity contribution in [3.05, 3.63) is 17.0 Å². The highest BCUT2D eigenvalue weighted by atomic mass is 35.5. The third-order valence-electron chi connectivity index (χ3n) is 3.04. The first-order valence-electron chi connectivity index (χ1n) is 6.20. The van der Waals surface area contributed by atoms with E-state index < -0.39 is 0 Å². The number of nitrogens with one attached hydrogen (secondary N) is 1. The topological polar surface area (TPSA) is 50.3 Å². The monoisotopic (exact) mass is 270 g/mol. The first-order chi connectivity index (χ1) is 8.66. The number of anilines is 1. The van der Waals surface area contributed by atoms with Gasteiger partial charge in [0.15, 0.2) is 0 Å². The van der Waals surface area contributed by atoms with Gasteiger partial charge in [-0.2, -0.15) is 0 Å². The fraction of sp³-hybridized carbons (Fsp3) is 0.667. The molecule has 1 N–H and O–H groups in total. The summed E-state index contributed by atoms with van der Waals surface area (Å²) in [6, 6.07) is 0.313. The van der Waals surface area contributed by atoms with Gasteiger partial charge in [-0.3, -0.25) is 4.90 Å². The van der Waals surface area contributed by atoms with E-state index in [1.165, 1.54) is 6.33 Å². The van der Waals surface area contributed by atoms with Gasteiger partial charge < -0.3 is 10.1 Å². The number of nitrogens with zero attached hydrogens (tertiary/aromatic N) is 3. The minimum absolute atomic E-state index is 0.313. The van der Waals surface area contributed by atoms with Gasteiger partial charge in [0, 0.05) is 31.2 Å². The van der Waals surface area contributed by atoms with Crippen molar-refractivity contribution in [1.29, 1.82) is 0 Å². The lowest BCUT2D eigenvalue weighted by atomic mass is 10.2. The van der Waals surface area contributed by atoms with Crippen LogP contribution in [0.15, 0.2) is 6.33 Å². The number of ether oxygens (including phenoxy) is 1. The second-order valence-corrected chi connectivity index (χ2v) is 4.95. The van der Waals surface area contributed by atoms with Crippen LogP contribution >= 0.6 is 11.6 Å². The predicted molar refractivity (Wildman–Crippen MR) is 72.1 cm³/mol. The molecule has 2 rings (SSSR count). The molecule has 2 heterocycles. The fourth-order valence-corrected chi connectivity index (χ4v) is 2.16. The van der Waals surface area contributed by atoms with Crippen molar-refractivity contribution in [1.82, 2.24) is 14.9 Å². The van der Waals surface area contributed by atoms with Gasteiger partial charge in [-0.25, -0.2) is 9.97 Å². The van der Waals surface area contributed by atoms with Crippen LogP contribution in [0.2, 0.25) is 5.15 Å². The Morgan fingerprint density at radius 1 is 1.44 bits per heavy atom. The van der Waals surface area contributed by atoms with Crippen LogP contribution in [0.25, 0.3) is 0 Å². The van der Waals surface area contributed by atoms with E-state index in [1.54, 1.807) is 0 Å². The molecule has 1 fully saturated rings. The lowest BCUT2D eigenvalue weighted by molar-refractivity contribution is 0.0368. The van der Waals surface area contributed by atoms with E-state index in [4.69, 9.17) is 16.3 Å². The Morgan fingerprint density at radius 3 is 2.89 bits per heavy atom.